The van der Waals surface area contributed by atoms with Crippen LogP contribution in [-0.4, -0.2) is 30.4 Å². The summed E-state index contributed by atoms with van der Waals surface area (Å²) in [6.07, 6.45) is 3.33. The molecule has 0 bridgehead atoms. The molecular formula is C11H15ClN6O. The standard InChI is InChI=1S/C11H15ClN6O/c1-3-18-8(9(12)7(2)15-18)6-17-5-4-14-11(17)10(13)16-19/h4-5,19H,3,6H2,1-2H3,(H2,13,16). The molecule has 0 aromatic carbocycles. The van der Waals surface area contributed by atoms with Crippen molar-refractivity contribution in [3.05, 3.63) is 34.6 Å². The normalized spacial score (nSPS) is 12.1. The van der Waals surface area contributed by atoms with E-state index in [-0.39, 0.29) is 5.84 Å². The topological polar surface area (TPSA) is 94.2 Å². The van der Waals surface area contributed by atoms with Gasteiger partial charge in [0.1, 0.15) is 0 Å². The summed E-state index contributed by atoms with van der Waals surface area (Å²) in [5.41, 5.74) is 7.22. The summed E-state index contributed by atoms with van der Waals surface area (Å²) in [4.78, 5) is 4.05. The van der Waals surface area contributed by atoms with Crippen molar-refractivity contribution in [1.29, 1.82) is 0 Å². The second kappa shape index (κ2) is 5.31. The van der Waals surface area contributed by atoms with Crippen molar-refractivity contribution in [2.75, 3.05) is 0 Å². The van der Waals surface area contributed by atoms with E-state index in [1.54, 1.807) is 17.0 Å². The third kappa shape index (κ3) is 2.41. The second-order valence-corrected chi connectivity index (χ2v) is 4.40. The average Bonchev–Trinajstić information content (AvgIpc) is 2.98. The molecule has 0 radical (unpaired) electrons. The number of halogens is 1. The largest absolute Gasteiger partial charge is 0.409 e. The zero-order chi connectivity index (χ0) is 14.0. The SMILES string of the molecule is CCn1nc(C)c(Cl)c1Cn1ccnc1C(N)=NO. The van der Waals surface area contributed by atoms with Crippen LogP contribution in [0, 0.1) is 6.92 Å². The van der Waals surface area contributed by atoms with Crippen molar-refractivity contribution in [2.45, 2.75) is 26.9 Å². The molecular weight excluding hydrogens is 268 g/mol. The molecule has 0 aliphatic rings. The predicted octanol–water partition coefficient (Wildman–Crippen LogP) is 1.20. The number of oxime groups is 1. The molecule has 2 rings (SSSR count). The maximum absolute atomic E-state index is 8.72. The van der Waals surface area contributed by atoms with Gasteiger partial charge in [-0.25, -0.2) is 4.98 Å². The number of imidazole rings is 1. The summed E-state index contributed by atoms with van der Waals surface area (Å²) >= 11 is 6.25. The first-order valence-corrected chi connectivity index (χ1v) is 6.17. The van der Waals surface area contributed by atoms with Crippen LogP contribution in [0.15, 0.2) is 17.5 Å². The molecule has 0 saturated carbocycles. The minimum absolute atomic E-state index is 0.0413. The molecule has 3 N–H and O–H groups in total. The van der Waals surface area contributed by atoms with Crippen LogP contribution >= 0.6 is 11.6 Å². The molecule has 7 nitrogen and oxygen atoms in total. The first-order chi connectivity index (χ1) is 9.08. The fourth-order valence-electron chi connectivity index (χ4n) is 1.90. The number of aromatic nitrogens is 4. The minimum Gasteiger partial charge on any atom is -0.409 e. The van der Waals surface area contributed by atoms with Gasteiger partial charge >= 0.3 is 0 Å². The third-order valence-corrected chi connectivity index (χ3v) is 3.32. The van der Waals surface area contributed by atoms with Crippen molar-refractivity contribution >= 4 is 17.4 Å². The summed E-state index contributed by atoms with van der Waals surface area (Å²) < 4.78 is 3.58. The lowest BCUT2D eigenvalue weighted by atomic mass is 10.3. The number of rotatable bonds is 4. The molecule has 2 aromatic rings. The molecule has 0 aliphatic heterocycles. The van der Waals surface area contributed by atoms with E-state index in [4.69, 9.17) is 22.5 Å². The molecule has 19 heavy (non-hydrogen) atoms. The van der Waals surface area contributed by atoms with Crippen LogP contribution in [0.25, 0.3) is 0 Å². The van der Waals surface area contributed by atoms with E-state index in [9.17, 15) is 0 Å². The molecule has 0 saturated heterocycles. The van der Waals surface area contributed by atoms with Gasteiger partial charge in [-0.1, -0.05) is 16.8 Å². The Labute approximate surface area is 115 Å². The highest BCUT2D eigenvalue weighted by Gasteiger charge is 2.15. The fraction of sp³-hybridized carbons (Fsp3) is 0.364. The molecule has 0 unspecified atom stereocenters. The van der Waals surface area contributed by atoms with E-state index in [2.05, 4.69) is 15.2 Å². The van der Waals surface area contributed by atoms with Crippen LogP contribution in [0.4, 0.5) is 0 Å². The molecule has 0 amide bonds. The van der Waals surface area contributed by atoms with Gasteiger partial charge in [0.25, 0.3) is 0 Å². The van der Waals surface area contributed by atoms with Gasteiger partial charge in [-0.15, -0.1) is 0 Å². The summed E-state index contributed by atoms with van der Waals surface area (Å²) in [7, 11) is 0. The van der Waals surface area contributed by atoms with Crippen molar-refractivity contribution in [3.8, 4) is 0 Å². The monoisotopic (exact) mass is 282 g/mol. The van der Waals surface area contributed by atoms with Crippen molar-refractivity contribution < 1.29 is 5.21 Å². The van der Waals surface area contributed by atoms with Gasteiger partial charge in [-0.2, -0.15) is 5.10 Å². The Morgan fingerprint density at radius 2 is 2.32 bits per heavy atom. The maximum atomic E-state index is 8.72. The Bertz CT molecular complexity index is 615. The second-order valence-electron chi connectivity index (χ2n) is 4.03. The third-order valence-electron chi connectivity index (χ3n) is 2.83. The van der Waals surface area contributed by atoms with Crippen molar-refractivity contribution in [3.63, 3.8) is 0 Å². The lowest BCUT2D eigenvalue weighted by Gasteiger charge is -2.09. The number of hydrogen-bond donors (Lipinski definition) is 2. The van der Waals surface area contributed by atoms with Gasteiger partial charge in [0.05, 0.1) is 23.0 Å². The molecule has 0 fully saturated rings. The Kier molecular flexibility index (Phi) is 3.75. The van der Waals surface area contributed by atoms with Crippen LogP contribution in [0.1, 0.15) is 24.1 Å². The van der Waals surface area contributed by atoms with Crippen LogP contribution in [-0.2, 0) is 13.1 Å². The number of nitrogens with two attached hydrogens (primary N) is 1. The van der Waals surface area contributed by atoms with Gasteiger partial charge in [0.2, 0.25) is 5.84 Å². The van der Waals surface area contributed by atoms with E-state index >= 15 is 0 Å². The maximum Gasteiger partial charge on any atom is 0.206 e. The fourth-order valence-corrected chi connectivity index (χ4v) is 2.09. The Balaban J connectivity index is 2.40. The van der Waals surface area contributed by atoms with E-state index in [0.717, 1.165) is 17.9 Å². The van der Waals surface area contributed by atoms with E-state index in [0.29, 0.717) is 17.4 Å². The predicted molar refractivity (Wildman–Crippen MR) is 71.5 cm³/mol. The average molecular weight is 283 g/mol. The van der Waals surface area contributed by atoms with Crippen molar-refractivity contribution in [1.82, 2.24) is 19.3 Å². The van der Waals surface area contributed by atoms with E-state index in [1.807, 2.05) is 18.5 Å². The Morgan fingerprint density at radius 1 is 1.58 bits per heavy atom. The van der Waals surface area contributed by atoms with Gasteiger partial charge < -0.3 is 15.5 Å². The van der Waals surface area contributed by atoms with Crippen molar-refractivity contribution in [2.24, 2.45) is 10.9 Å². The summed E-state index contributed by atoms with van der Waals surface area (Å²) in [5, 5.41) is 16.7. The molecule has 0 atom stereocenters. The first-order valence-electron chi connectivity index (χ1n) is 5.79. The summed E-state index contributed by atoms with van der Waals surface area (Å²) in [6, 6.07) is 0. The lowest BCUT2D eigenvalue weighted by Crippen LogP contribution is -2.20. The summed E-state index contributed by atoms with van der Waals surface area (Å²) in [5.74, 6) is 0.348. The molecule has 0 spiro atoms. The molecule has 2 aromatic heterocycles. The number of hydrogen-bond acceptors (Lipinski definition) is 4. The van der Waals surface area contributed by atoms with Crippen LogP contribution in [0.3, 0.4) is 0 Å². The summed E-state index contributed by atoms with van der Waals surface area (Å²) in [6.45, 7) is 5.02. The highest BCUT2D eigenvalue weighted by atomic mass is 35.5. The van der Waals surface area contributed by atoms with Gasteiger partial charge in [0.15, 0.2) is 5.82 Å². The Hall–Kier alpha value is -2.02. The number of nitrogens with zero attached hydrogens (tertiary/aromatic N) is 5. The number of aryl methyl sites for hydroxylation is 2. The molecule has 102 valence electrons. The van der Waals surface area contributed by atoms with Gasteiger partial charge in [-0.05, 0) is 13.8 Å². The van der Waals surface area contributed by atoms with Gasteiger partial charge in [0, 0.05) is 18.9 Å². The van der Waals surface area contributed by atoms with E-state index < -0.39 is 0 Å². The van der Waals surface area contributed by atoms with Crippen LogP contribution in [0.2, 0.25) is 5.02 Å². The van der Waals surface area contributed by atoms with Crippen LogP contribution in [0.5, 0.6) is 0 Å². The number of amidine groups is 1. The lowest BCUT2D eigenvalue weighted by molar-refractivity contribution is 0.318. The molecule has 8 heteroatoms. The quantitative estimate of drug-likeness (QED) is 0.381. The van der Waals surface area contributed by atoms with E-state index in [1.165, 1.54) is 0 Å². The minimum atomic E-state index is -0.0413. The molecule has 0 aliphatic carbocycles. The molecule has 2 heterocycles. The Morgan fingerprint density at radius 3 is 2.95 bits per heavy atom. The van der Waals surface area contributed by atoms with Crippen LogP contribution < -0.4 is 5.73 Å². The zero-order valence-corrected chi connectivity index (χ0v) is 11.5. The highest BCUT2D eigenvalue weighted by Crippen LogP contribution is 2.21. The van der Waals surface area contributed by atoms with Gasteiger partial charge in [-0.3, -0.25) is 4.68 Å². The smallest absolute Gasteiger partial charge is 0.206 e. The highest BCUT2D eigenvalue weighted by molar-refractivity contribution is 6.31. The first kappa shape index (κ1) is 13.4. The zero-order valence-electron chi connectivity index (χ0n) is 10.7.